The first-order valence-electron chi connectivity index (χ1n) is 7.03. The van der Waals surface area contributed by atoms with Crippen LogP contribution in [-0.2, 0) is 13.1 Å². The molecule has 108 valence electrons. The lowest BCUT2D eigenvalue weighted by atomic mass is 10.1. The molecule has 2 rings (SSSR count). The fraction of sp³-hybridized carbons (Fsp3) is 0.438. The minimum absolute atomic E-state index is 0.901. The van der Waals surface area contributed by atoms with E-state index in [1.165, 1.54) is 21.3 Å². The molecule has 0 fully saturated rings. The molecule has 0 aliphatic carbocycles. The van der Waals surface area contributed by atoms with Crippen LogP contribution in [-0.4, -0.2) is 16.3 Å². The standard InChI is InChI=1S/C16H22BrN3/c1-12-5-6-15(16(17)9-12)11-18-7-4-8-20-14(3)10-13(2)19-20/h5-6,9-10,18H,4,7-8,11H2,1-3H3. The van der Waals surface area contributed by atoms with Crippen LogP contribution in [0.25, 0.3) is 0 Å². The highest BCUT2D eigenvalue weighted by Gasteiger charge is 2.01. The number of nitrogens with zero attached hydrogens (tertiary/aromatic N) is 2. The van der Waals surface area contributed by atoms with E-state index in [2.05, 4.69) is 69.1 Å². The molecule has 0 bridgehead atoms. The molecule has 0 radical (unpaired) electrons. The van der Waals surface area contributed by atoms with Crippen LogP contribution >= 0.6 is 15.9 Å². The Morgan fingerprint density at radius 3 is 2.65 bits per heavy atom. The van der Waals surface area contributed by atoms with E-state index in [1.54, 1.807) is 0 Å². The van der Waals surface area contributed by atoms with E-state index in [9.17, 15) is 0 Å². The van der Waals surface area contributed by atoms with Gasteiger partial charge in [0.2, 0.25) is 0 Å². The zero-order valence-corrected chi connectivity index (χ0v) is 14.0. The predicted molar refractivity (Wildman–Crippen MR) is 86.9 cm³/mol. The summed E-state index contributed by atoms with van der Waals surface area (Å²) in [6.07, 6.45) is 1.09. The Balaban J connectivity index is 1.73. The van der Waals surface area contributed by atoms with Crippen LogP contribution in [0.1, 0.15) is 28.9 Å². The number of rotatable bonds is 6. The van der Waals surface area contributed by atoms with Gasteiger partial charge in [0, 0.05) is 23.3 Å². The Morgan fingerprint density at radius 2 is 2.00 bits per heavy atom. The second kappa shape index (κ2) is 7.04. The lowest BCUT2D eigenvalue weighted by Crippen LogP contribution is -2.17. The summed E-state index contributed by atoms with van der Waals surface area (Å²) >= 11 is 3.61. The molecule has 0 amide bonds. The van der Waals surface area contributed by atoms with Crippen LogP contribution in [0.3, 0.4) is 0 Å². The quantitative estimate of drug-likeness (QED) is 0.814. The van der Waals surface area contributed by atoms with Gasteiger partial charge in [-0.2, -0.15) is 5.10 Å². The van der Waals surface area contributed by atoms with E-state index in [0.717, 1.165) is 31.7 Å². The predicted octanol–water partition coefficient (Wildman–Crippen LogP) is 3.75. The van der Waals surface area contributed by atoms with Crippen LogP contribution < -0.4 is 5.32 Å². The topological polar surface area (TPSA) is 29.9 Å². The molecule has 1 heterocycles. The fourth-order valence-corrected chi connectivity index (χ4v) is 2.91. The third kappa shape index (κ3) is 4.18. The molecule has 3 nitrogen and oxygen atoms in total. The van der Waals surface area contributed by atoms with Gasteiger partial charge in [0.15, 0.2) is 0 Å². The molecule has 0 unspecified atom stereocenters. The van der Waals surface area contributed by atoms with Crippen molar-refractivity contribution in [3.05, 3.63) is 51.3 Å². The highest BCUT2D eigenvalue weighted by Crippen LogP contribution is 2.17. The second-order valence-corrected chi connectivity index (χ2v) is 6.13. The normalized spacial score (nSPS) is 11.0. The van der Waals surface area contributed by atoms with Gasteiger partial charge >= 0.3 is 0 Å². The Kier molecular flexibility index (Phi) is 5.38. The van der Waals surface area contributed by atoms with Crippen LogP contribution in [0.5, 0.6) is 0 Å². The maximum absolute atomic E-state index is 4.47. The van der Waals surface area contributed by atoms with Crippen molar-refractivity contribution in [2.75, 3.05) is 6.54 Å². The largest absolute Gasteiger partial charge is 0.313 e. The number of nitrogens with one attached hydrogen (secondary N) is 1. The molecule has 0 atom stereocenters. The van der Waals surface area contributed by atoms with Gasteiger partial charge in [0.05, 0.1) is 5.69 Å². The maximum Gasteiger partial charge on any atom is 0.0596 e. The molecular formula is C16H22BrN3. The summed E-state index contributed by atoms with van der Waals surface area (Å²) in [4.78, 5) is 0. The molecule has 2 aromatic rings. The van der Waals surface area contributed by atoms with Crippen molar-refractivity contribution in [2.45, 2.75) is 40.3 Å². The number of aromatic nitrogens is 2. The van der Waals surface area contributed by atoms with Gasteiger partial charge in [-0.25, -0.2) is 0 Å². The molecule has 0 saturated carbocycles. The summed E-state index contributed by atoms with van der Waals surface area (Å²) in [5.74, 6) is 0. The summed E-state index contributed by atoms with van der Waals surface area (Å²) < 4.78 is 3.27. The minimum Gasteiger partial charge on any atom is -0.313 e. The van der Waals surface area contributed by atoms with E-state index in [-0.39, 0.29) is 0 Å². The molecule has 1 aromatic heterocycles. The summed E-state index contributed by atoms with van der Waals surface area (Å²) in [6, 6.07) is 8.61. The molecule has 0 aliphatic heterocycles. The van der Waals surface area contributed by atoms with Crippen LogP contribution in [0.2, 0.25) is 0 Å². The Morgan fingerprint density at radius 1 is 1.20 bits per heavy atom. The van der Waals surface area contributed by atoms with Crippen molar-refractivity contribution >= 4 is 15.9 Å². The minimum atomic E-state index is 0.901. The third-order valence-corrected chi connectivity index (χ3v) is 4.09. The molecule has 0 aliphatic rings. The van der Waals surface area contributed by atoms with E-state index in [1.807, 2.05) is 6.92 Å². The Hall–Kier alpha value is -1.13. The van der Waals surface area contributed by atoms with Gasteiger partial charge in [0.1, 0.15) is 0 Å². The first kappa shape index (κ1) is 15.3. The summed E-state index contributed by atoms with van der Waals surface area (Å²) in [5, 5.41) is 7.96. The van der Waals surface area contributed by atoms with E-state index in [0.29, 0.717) is 0 Å². The number of hydrogen-bond donors (Lipinski definition) is 1. The van der Waals surface area contributed by atoms with Crippen LogP contribution in [0.4, 0.5) is 0 Å². The molecule has 1 aromatic carbocycles. The number of halogens is 1. The maximum atomic E-state index is 4.47. The van der Waals surface area contributed by atoms with Crippen molar-refractivity contribution in [1.29, 1.82) is 0 Å². The van der Waals surface area contributed by atoms with Crippen LogP contribution in [0, 0.1) is 20.8 Å². The van der Waals surface area contributed by atoms with E-state index < -0.39 is 0 Å². The molecule has 20 heavy (non-hydrogen) atoms. The van der Waals surface area contributed by atoms with Gasteiger partial charge in [-0.1, -0.05) is 28.1 Å². The average Bonchev–Trinajstić information content (AvgIpc) is 2.70. The molecule has 0 saturated heterocycles. The zero-order chi connectivity index (χ0) is 14.5. The monoisotopic (exact) mass is 335 g/mol. The van der Waals surface area contributed by atoms with Crippen LogP contribution in [0.15, 0.2) is 28.7 Å². The van der Waals surface area contributed by atoms with Crippen molar-refractivity contribution in [3.63, 3.8) is 0 Å². The van der Waals surface area contributed by atoms with Gasteiger partial charge in [-0.3, -0.25) is 4.68 Å². The smallest absolute Gasteiger partial charge is 0.0596 e. The van der Waals surface area contributed by atoms with E-state index in [4.69, 9.17) is 0 Å². The zero-order valence-electron chi connectivity index (χ0n) is 12.4. The molecule has 4 heteroatoms. The van der Waals surface area contributed by atoms with Crippen molar-refractivity contribution < 1.29 is 0 Å². The van der Waals surface area contributed by atoms with Crippen molar-refractivity contribution in [3.8, 4) is 0 Å². The third-order valence-electron chi connectivity index (χ3n) is 3.35. The summed E-state index contributed by atoms with van der Waals surface area (Å²) in [7, 11) is 0. The average molecular weight is 336 g/mol. The molecular weight excluding hydrogens is 314 g/mol. The second-order valence-electron chi connectivity index (χ2n) is 5.28. The Bertz CT molecular complexity index is 575. The highest BCUT2D eigenvalue weighted by molar-refractivity contribution is 9.10. The summed E-state index contributed by atoms with van der Waals surface area (Å²) in [6.45, 7) is 9.13. The lowest BCUT2D eigenvalue weighted by molar-refractivity contribution is 0.532. The Labute approximate surface area is 129 Å². The van der Waals surface area contributed by atoms with Crippen molar-refractivity contribution in [2.24, 2.45) is 0 Å². The molecule has 0 spiro atoms. The first-order chi connectivity index (χ1) is 9.56. The number of aryl methyl sites for hydroxylation is 4. The van der Waals surface area contributed by atoms with Gasteiger partial charge in [-0.15, -0.1) is 0 Å². The fourth-order valence-electron chi connectivity index (χ4n) is 2.27. The van der Waals surface area contributed by atoms with Gasteiger partial charge in [-0.05, 0) is 57.0 Å². The molecule has 1 N–H and O–H groups in total. The van der Waals surface area contributed by atoms with E-state index >= 15 is 0 Å². The van der Waals surface area contributed by atoms with Crippen molar-refractivity contribution in [1.82, 2.24) is 15.1 Å². The summed E-state index contributed by atoms with van der Waals surface area (Å²) in [5.41, 5.74) is 4.93. The SMILES string of the molecule is Cc1ccc(CNCCCn2nc(C)cc2C)c(Br)c1. The van der Waals surface area contributed by atoms with Gasteiger partial charge < -0.3 is 5.32 Å². The highest BCUT2D eigenvalue weighted by atomic mass is 79.9. The number of benzene rings is 1. The lowest BCUT2D eigenvalue weighted by Gasteiger charge is -2.08. The number of hydrogen-bond acceptors (Lipinski definition) is 2. The van der Waals surface area contributed by atoms with Gasteiger partial charge in [0.25, 0.3) is 0 Å². The first-order valence-corrected chi connectivity index (χ1v) is 7.82.